The van der Waals surface area contributed by atoms with Crippen molar-refractivity contribution in [3.8, 4) is 5.75 Å². The van der Waals surface area contributed by atoms with Crippen LogP contribution in [-0.4, -0.2) is 21.0 Å². The summed E-state index contributed by atoms with van der Waals surface area (Å²) in [5, 5.41) is 2.43. The molecule has 1 fully saturated rings. The summed E-state index contributed by atoms with van der Waals surface area (Å²) < 4.78 is 13.7. The van der Waals surface area contributed by atoms with Crippen molar-refractivity contribution in [1.82, 2.24) is 0 Å². The third-order valence-electron chi connectivity index (χ3n) is 9.98. The molecule has 0 aromatic heterocycles. The number of benzene rings is 5. The van der Waals surface area contributed by atoms with Crippen LogP contribution in [0.2, 0.25) is 5.04 Å². The van der Waals surface area contributed by atoms with E-state index in [4.69, 9.17) is 9.16 Å². The lowest BCUT2D eigenvalue weighted by Crippen LogP contribution is -2.69. The van der Waals surface area contributed by atoms with Crippen LogP contribution >= 0.6 is 0 Å². The van der Waals surface area contributed by atoms with Crippen molar-refractivity contribution in [2.24, 2.45) is 5.41 Å². The number of ether oxygens (including phenoxy) is 1. The van der Waals surface area contributed by atoms with E-state index in [1.807, 2.05) is 60.7 Å². The van der Waals surface area contributed by atoms with Crippen LogP contribution in [0.15, 0.2) is 140 Å². The number of rotatable bonds is 8. The van der Waals surface area contributed by atoms with E-state index in [-0.39, 0.29) is 16.5 Å². The largest absolute Gasteiger partial charge is 0.534 e. The highest BCUT2D eigenvalue weighted by Crippen LogP contribution is 2.66. The van der Waals surface area contributed by atoms with Gasteiger partial charge in [0.1, 0.15) is 5.75 Å². The standard InChI is InChI=1S/C41H41NO3Si/c1-40(2,3)46(33-21-12-6-13-22-33,34-23-14-7-15-24-34)45-38-26-16-25-35-36(38)27-28-41(29-37(35)41)30-44-39(43)42(31-17-8-4-9-18-31)32-19-10-5-11-20-32/h4-26,37H,27-30H2,1-3H3. The van der Waals surface area contributed by atoms with Gasteiger partial charge in [-0.25, -0.2) is 9.69 Å². The molecular formula is C41H41NO3Si. The van der Waals surface area contributed by atoms with Gasteiger partial charge in [0, 0.05) is 5.41 Å². The topological polar surface area (TPSA) is 38.8 Å². The minimum atomic E-state index is -2.76. The van der Waals surface area contributed by atoms with Crippen LogP contribution in [0.1, 0.15) is 50.7 Å². The summed E-state index contributed by atoms with van der Waals surface area (Å²) >= 11 is 0. The predicted octanol–water partition coefficient (Wildman–Crippen LogP) is 9.02. The monoisotopic (exact) mass is 623 g/mol. The number of fused-ring (bicyclic) bond motifs is 3. The molecule has 0 radical (unpaired) electrons. The molecule has 7 rings (SSSR count). The lowest BCUT2D eigenvalue weighted by Gasteiger charge is -2.43. The molecule has 0 bridgehead atoms. The van der Waals surface area contributed by atoms with Crippen LogP contribution < -0.4 is 19.7 Å². The Hall–Kier alpha value is -4.61. The zero-order valence-corrected chi connectivity index (χ0v) is 27.9. The van der Waals surface area contributed by atoms with Gasteiger partial charge in [-0.05, 0) is 82.1 Å². The van der Waals surface area contributed by atoms with Gasteiger partial charge < -0.3 is 9.16 Å². The van der Waals surface area contributed by atoms with E-state index in [1.165, 1.54) is 21.5 Å². The van der Waals surface area contributed by atoms with E-state index in [0.29, 0.717) is 12.5 Å². The molecule has 0 spiro atoms. The van der Waals surface area contributed by atoms with Gasteiger partial charge in [-0.3, -0.25) is 0 Å². The highest BCUT2D eigenvalue weighted by Gasteiger charge is 2.59. The van der Waals surface area contributed by atoms with Crippen molar-refractivity contribution in [2.75, 3.05) is 11.5 Å². The molecule has 0 aliphatic heterocycles. The molecule has 2 unspecified atom stereocenters. The third-order valence-corrected chi connectivity index (χ3v) is 14.9. The Kier molecular flexibility index (Phi) is 7.81. The Balaban J connectivity index is 1.17. The van der Waals surface area contributed by atoms with E-state index in [0.717, 1.165) is 36.4 Å². The van der Waals surface area contributed by atoms with Gasteiger partial charge in [0.15, 0.2) is 0 Å². The summed E-state index contributed by atoms with van der Waals surface area (Å²) in [4.78, 5) is 15.3. The smallest absolute Gasteiger partial charge is 0.418 e. The van der Waals surface area contributed by atoms with Gasteiger partial charge in [0.2, 0.25) is 0 Å². The Morgan fingerprint density at radius 1 is 0.739 bits per heavy atom. The zero-order valence-electron chi connectivity index (χ0n) is 26.9. The predicted molar refractivity (Wildman–Crippen MR) is 189 cm³/mol. The molecule has 0 N–H and O–H groups in total. The van der Waals surface area contributed by atoms with Crippen LogP contribution in [0.3, 0.4) is 0 Å². The number of para-hydroxylation sites is 2. The molecule has 0 heterocycles. The SMILES string of the molecule is CC(C)(C)[Si](Oc1cccc2c1CCC1(COC(=O)N(c3ccccc3)c3ccccc3)CC21)(c1ccccc1)c1ccccc1. The maximum Gasteiger partial charge on any atom is 0.418 e. The normalized spacial score (nSPS) is 18.5. The highest BCUT2D eigenvalue weighted by atomic mass is 28.4. The maximum atomic E-state index is 13.7. The average Bonchev–Trinajstić information content (AvgIpc) is 3.83. The first-order chi connectivity index (χ1) is 22.3. The quantitative estimate of drug-likeness (QED) is 0.162. The van der Waals surface area contributed by atoms with Crippen molar-refractivity contribution < 1.29 is 14.0 Å². The molecule has 232 valence electrons. The lowest BCUT2D eigenvalue weighted by atomic mass is 9.83. The Morgan fingerprint density at radius 2 is 1.26 bits per heavy atom. The number of hydrogen-bond donors (Lipinski definition) is 0. The first-order valence-corrected chi connectivity index (χ1v) is 18.2. The third kappa shape index (κ3) is 5.33. The second-order valence-corrected chi connectivity index (χ2v) is 18.0. The van der Waals surface area contributed by atoms with Crippen LogP contribution in [0.4, 0.5) is 16.2 Å². The van der Waals surface area contributed by atoms with E-state index >= 15 is 0 Å². The molecular weight excluding hydrogens is 583 g/mol. The summed E-state index contributed by atoms with van der Waals surface area (Å²) in [5.74, 6) is 1.36. The number of amides is 1. The van der Waals surface area contributed by atoms with E-state index in [1.54, 1.807) is 4.90 Å². The number of carbonyl (C=O) groups is 1. The number of anilines is 2. The Bertz CT molecular complexity index is 1730. The molecule has 2 atom stereocenters. The maximum absolute atomic E-state index is 13.7. The molecule has 46 heavy (non-hydrogen) atoms. The molecule has 5 aromatic carbocycles. The highest BCUT2D eigenvalue weighted by molar-refractivity contribution is 7.00. The van der Waals surface area contributed by atoms with Gasteiger partial charge >= 0.3 is 14.4 Å². The van der Waals surface area contributed by atoms with Crippen molar-refractivity contribution in [2.45, 2.75) is 51.0 Å². The van der Waals surface area contributed by atoms with Crippen LogP contribution in [-0.2, 0) is 11.2 Å². The Labute approximate surface area is 273 Å². The number of nitrogens with zero attached hydrogens (tertiary/aromatic N) is 1. The minimum absolute atomic E-state index is 0.0300. The van der Waals surface area contributed by atoms with Crippen LogP contribution in [0.5, 0.6) is 5.75 Å². The van der Waals surface area contributed by atoms with E-state index in [2.05, 4.69) is 99.6 Å². The molecule has 5 aromatic rings. The van der Waals surface area contributed by atoms with E-state index in [9.17, 15) is 4.79 Å². The van der Waals surface area contributed by atoms with Crippen molar-refractivity contribution >= 4 is 36.2 Å². The number of carbonyl (C=O) groups excluding carboxylic acids is 1. The average molecular weight is 624 g/mol. The summed E-state index contributed by atoms with van der Waals surface area (Å²) in [5.41, 5.74) is 4.22. The first-order valence-electron chi connectivity index (χ1n) is 16.3. The Morgan fingerprint density at radius 3 is 1.78 bits per heavy atom. The molecule has 5 heteroatoms. The molecule has 2 aliphatic rings. The first kappa shape index (κ1) is 30.1. The van der Waals surface area contributed by atoms with Crippen molar-refractivity contribution in [1.29, 1.82) is 0 Å². The van der Waals surface area contributed by atoms with Gasteiger partial charge in [-0.2, -0.15) is 0 Å². The van der Waals surface area contributed by atoms with Crippen molar-refractivity contribution in [3.05, 3.63) is 151 Å². The molecule has 4 nitrogen and oxygen atoms in total. The lowest BCUT2D eigenvalue weighted by molar-refractivity contribution is 0.123. The van der Waals surface area contributed by atoms with Crippen molar-refractivity contribution in [3.63, 3.8) is 0 Å². The van der Waals surface area contributed by atoms with Crippen LogP contribution in [0, 0.1) is 5.41 Å². The summed E-state index contributed by atoms with van der Waals surface area (Å²) in [6.45, 7) is 7.38. The summed E-state index contributed by atoms with van der Waals surface area (Å²) in [6, 6.07) is 47.7. The van der Waals surface area contributed by atoms with Gasteiger partial charge in [-0.15, -0.1) is 0 Å². The molecule has 1 amide bonds. The van der Waals surface area contributed by atoms with Crippen LogP contribution in [0.25, 0.3) is 0 Å². The molecule has 0 saturated heterocycles. The van der Waals surface area contributed by atoms with Gasteiger partial charge in [0.25, 0.3) is 0 Å². The second-order valence-electron chi connectivity index (χ2n) is 13.8. The van der Waals surface area contributed by atoms with Gasteiger partial charge in [0.05, 0.1) is 18.0 Å². The summed E-state index contributed by atoms with van der Waals surface area (Å²) in [6.07, 6.45) is 2.55. The fourth-order valence-electron chi connectivity index (χ4n) is 7.54. The van der Waals surface area contributed by atoms with Gasteiger partial charge in [-0.1, -0.05) is 130 Å². The van der Waals surface area contributed by atoms with E-state index < -0.39 is 8.32 Å². The second kappa shape index (κ2) is 12.0. The molecule has 2 aliphatic carbocycles. The summed E-state index contributed by atoms with van der Waals surface area (Å²) in [7, 11) is -2.76. The zero-order chi connectivity index (χ0) is 31.8. The fraction of sp³-hybridized carbons (Fsp3) is 0.244. The fourth-order valence-corrected chi connectivity index (χ4v) is 12.0. The number of hydrogen-bond acceptors (Lipinski definition) is 3. The minimum Gasteiger partial charge on any atom is -0.534 e. The molecule has 1 saturated carbocycles.